The SMILES string of the molecule is Cc1cccc(-c2cn3c(O)c(Cc4ccc(C(F)(F)F)o4)nc3c(Cc3ccccc3)n2)c1F. The van der Waals surface area contributed by atoms with Gasteiger partial charge in [0.15, 0.2) is 5.65 Å². The average Bonchev–Trinajstić information content (AvgIpc) is 3.42. The van der Waals surface area contributed by atoms with E-state index in [9.17, 15) is 22.7 Å². The molecule has 1 N–H and O–H groups in total. The lowest BCUT2D eigenvalue weighted by Crippen LogP contribution is -2.02. The minimum atomic E-state index is -4.61. The van der Waals surface area contributed by atoms with E-state index in [1.54, 1.807) is 25.1 Å². The number of halogens is 4. The van der Waals surface area contributed by atoms with Crippen LogP contribution in [-0.2, 0) is 19.0 Å². The van der Waals surface area contributed by atoms with Gasteiger partial charge in [-0.2, -0.15) is 13.2 Å². The van der Waals surface area contributed by atoms with Crippen LogP contribution in [0.3, 0.4) is 0 Å². The number of hydrogen-bond acceptors (Lipinski definition) is 4. The Kier molecular flexibility index (Phi) is 5.55. The van der Waals surface area contributed by atoms with Gasteiger partial charge >= 0.3 is 6.18 Å². The van der Waals surface area contributed by atoms with E-state index in [1.807, 2.05) is 30.3 Å². The number of hydrogen-bond donors (Lipinski definition) is 1. The fraction of sp³-hybridized carbons (Fsp3) is 0.154. The molecule has 5 nitrogen and oxygen atoms in total. The van der Waals surface area contributed by atoms with Crippen molar-refractivity contribution in [3.63, 3.8) is 0 Å². The summed E-state index contributed by atoms with van der Waals surface area (Å²) in [5.41, 5.74) is 2.84. The van der Waals surface area contributed by atoms with Gasteiger partial charge in [0.1, 0.15) is 17.3 Å². The van der Waals surface area contributed by atoms with E-state index in [1.165, 1.54) is 16.7 Å². The second kappa shape index (κ2) is 8.57. The van der Waals surface area contributed by atoms with Crippen LogP contribution in [-0.4, -0.2) is 19.5 Å². The Morgan fingerprint density at radius 3 is 2.40 bits per heavy atom. The van der Waals surface area contributed by atoms with Gasteiger partial charge in [-0.1, -0.05) is 42.5 Å². The van der Waals surface area contributed by atoms with Gasteiger partial charge in [-0.3, -0.25) is 4.40 Å². The lowest BCUT2D eigenvalue weighted by Gasteiger charge is -2.10. The third-order valence-corrected chi connectivity index (χ3v) is 5.69. The van der Waals surface area contributed by atoms with Crippen LogP contribution < -0.4 is 0 Å². The Morgan fingerprint density at radius 1 is 0.914 bits per heavy atom. The van der Waals surface area contributed by atoms with E-state index in [0.717, 1.165) is 11.6 Å². The Bertz CT molecular complexity index is 1520. The van der Waals surface area contributed by atoms with Crippen molar-refractivity contribution >= 4 is 5.65 Å². The van der Waals surface area contributed by atoms with E-state index >= 15 is 0 Å². The second-order valence-electron chi connectivity index (χ2n) is 8.19. The molecule has 9 heteroatoms. The molecule has 0 saturated carbocycles. The number of furan rings is 1. The number of alkyl halides is 3. The summed E-state index contributed by atoms with van der Waals surface area (Å²) < 4.78 is 59.9. The number of fused-ring (bicyclic) bond motifs is 1. The quantitative estimate of drug-likeness (QED) is 0.298. The molecule has 0 radical (unpaired) electrons. The number of rotatable bonds is 5. The molecule has 0 spiro atoms. The maximum Gasteiger partial charge on any atom is 0.449 e. The predicted molar refractivity (Wildman–Crippen MR) is 121 cm³/mol. The van der Waals surface area contributed by atoms with E-state index in [2.05, 4.69) is 9.97 Å². The highest BCUT2D eigenvalue weighted by Gasteiger charge is 2.35. The Balaban J connectivity index is 1.64. The van der Waals surface area contributed by atoms with E-state index in [0.29, 0.717) is 29.0 Å². The zero-order valence-corrected chi connectivity index (χ0v) is 18.5. The third-order valence-electron chi connectivity index (χ3n) is 5.69. The molecule has 0 aliphatic rings. The summed E-state index contributed by atoms with van der Waals surface area (Å²) in [4.78, 5) is 9.12. The van der Waals surface area contributed by atoms with Crippen molar-refractivity contribution in [3.05, 3.63) is 107 Å². The summed E-state index contributed by atoms with van der Waals surface area (Å²) in [5.74, 6) is -1.84. The van der Waals surface area contributed by atoms with Crippen molar-refractivity contribution in [1.82, 2.24) is 14.4 Å². The van der Waals surface area contributed by atoms with Gasteiger partial charge in [0.05, 0.1) is 17.8 Å². The molecule has 0 bridgehead atoms. The van der Waals surface area contributed by atoms with Crippen LogP contribution in [0, 0.1) is 12.7 Å². The van der Waals surface area contributed by atoms with Crippen molar-refractivity contribution in [2.24, 2.45) is 0 Å². The molecule has 0 saturated heterocycles. The molecule has 0 atom stereocenters. The highest BCUT2D eigenvalue weighted by molar-refractivity contribution is 5.64. The zero-order valence-electron chi connectivity index (χ0n) is 18.5. The molecule has 0 aliphatic heterocycles. The van der Waals surface area contributed by atoms with E-state index in [4.69, 9.17) is 4.42 Å². The van der Waals surface area contributed by atoms with Crippen LogP contribution in [0.5, 0.6) is 5.88 Å². The lowest BCUT2D eigenvalue weighted by molar-refractivity contribution is -0.153. The van der Waals surface area contributed by atoms with Gasteiger partial charge in [0.2, 0.25) is 11.6 Å². The van der Waals surface area contributed by atoms with Crippen LogP contribution in [0.25, 0.3) is 16.9 Å². The molecule has 3 heterocycles. The molecular formula is C26H19F4N3O2. The molecule has 5 aromatic rings. The van der Waals surface area contributed by atoms with E-state index < -0.39 is 17.8 Å². The first kappa shape index (κ1) is 22.6. The average molecular weight is 481 g/mol. The fourth-order valence-electron chi connectivity index (χ4n) is 3.94. The Hall–Kier alpha value is -4.14. The number of nitrogens with zero attached hydrogens (tertiary/aromatic N) is 3. The number of aromatic nitrogens is 3. The van der Waals surface area contributed by atoms with Crippen molar-refractivity contribution in [2.45, 2.75) is 25.9 Å². The summed E-state index contributed by atoms with van der Waals surface area (Å²) >= 11 is 0. The fourth-order valence-corrected chi connectivity index (χ4v) is 3.94. The summed E-state index contributed by atoms with van der Waals surface area (Å²) in [6.45, 7) is 1.65. The van der Waals surface area contributed by atoms with Crippen molar-refractivity contribution in [1.29, 1.82) is 0 Å². The highest BCUT2D eigenvalue weighted by atomic mass is 19.4. The van der Waals surface area contributed by atoms with Crippen molar-refractivity contribution in [3.8, 4) is 17.1 Å². The van der Waals surface area contributed by atoms with Gasteiger partial charge in [-0.05, 0) is 36.2 Å². The smallest absolute Gasteiger partial charge is 0.449 e. The van der Waals surface area contributed by atoms with Crippen molar-refractivity contribution < 1.29 is 27.1 Å². The van der Waals surface area contributed by atoms with E-state index in [-0.39, 0.29) is 29.3 Å². The zero-order chi connectivity index (χ0) is 24.7. The highest BCUT2D eigenvalue weighted by Crippen LogP contribution is 2.33. The third kappa shape index (κ3) is 4.37. The number of imidazole rings is 1. The van der Waals surface area contributed by atoms with Gasteiger partial charge in [-0.15, -0.1) is 0 Å². The van der Waals surface area contributed by atoms with Crippen LogP contribution in [0.4, 0.5) is 17.6 Å². The largest absolute Gasteiger partial charge is 0.493 e. The number of aryl methyl sites for hydroxylation is 1. The summed E-state index contributed by atoms with van der Waals surface area (Å²) in [6, 6.07) is 16.4. The number of benzene rings is 2. The molecule has 0 amide bonds. The molecule has 0 aliphatic carbocycles. The van der Waals surface area contributed by atoms with Gasteiger partial charge in [-0.25, -0.2) is 14.4 Å². The van der Waals surface area contributed by atoms with Crippen LogP contribution in [0.1, 0.15) is 34.0 Å². The molecule has 178 valence electrons. The van der Waals surface area contributed by atoms with Crippen molar-refractivity contribution in [2.75, 3.05) is 0 Å². The van der Waals surface area contributed by atoms with Gasteiger partial charge < -0.3 is 9.52 Å². The Morgan fingerprint density at radius 2 is 1.69 bits per heavy atom. The lowest BCUT2D eigenvalue weighted by atomic mass is 10.1. The topological polar surface area (TPSA) is 63.6 Å². The molecule has 35 heavy (non-hydrogen) atoms. The molecule has 2 aromatic carbocycles. The molecule has 5 rings (SSSR count). The molecule has 0 unspecified atom stereocenters. The maximum atomic E-state index is 14.9. The van der Waals surface area contributed by atoms with Crippen LogP contribution in [0.15, 0.2) is 71.3 Å². The summed E-state index contributed by atoms with van der Waals surface area (Å²) in [5, 5.41) is 10.9. The maximum absolute atomic E-state index is 14.9. The minimum absolute atomic E-state index is 0.00134. The molecular weight excluding hydrogens is 462 g/mol. The minimum Gasteiger partial charge on any atom is -0.493 e. The van der Waals surface area contributed by atoms with Gasteiger partial charge in [0, 0.05) is 18.2 Å². The monoisotopic (exact) mass is 481 g/mol. The first-order valence-corrected chi connectivity index (χ1v) is 10.8. The molecule has 3 aromatic heterocycles. The second-order valence-corrected chi connectivity index (χ2v) is 8.19. The van der Waals surface area contributed by atoms with Crippen LogP contribution in [0.2, 0.25) is 0 Å². The predicted octanol–water partition coefficient (Wildman–Crippen LogP) is 6.34. The summed E-state index contributed by atoms with van der Waals surface area (Å²) in [7, 11) is 0. The molecule has 0 fully saturated rings. The van der Waals surface area contributed by atoms with Gasteiger partial charge in [0.25, 0.3) is 0 Å². The normalized spacial score (nSPS) is 11.9. The summed E-state index contributed by atoms with van der Waals surface area (Å²) in [6.07, 6.45) is -2.96. The first-order chi connectivity index (χ1) is 16.7. The Labute approximate surface area is 197 Å². The standard InChI is InChI=1S/C26H19F4N3O2/c1-15-6-5-9-18(23(15)27)21-14-33-24(19(31-21)12-16-7-3-2-4-8-16)32-20(25(33)34)13-17-10-11-22(35-17)26(28,29)30/h2-11,14,34H,12-13H2,1H3. The first-order valence-electron chi connectivity index (χ1n) is 10.8. The number of aromatic hydroxyl groups is 1. The van der Waals surface area contributed by atoms with Crippen LogP contribution >= 0.6 is 0 Å².